The second-order valence-electron chi connectivity index (χ2n) is 4.44. The first-order valence-electron chi connectivity index (χ1n) is 6.19. The fourth-order valence-electron chi connectivity index (χ4n) is 2.08. The van der Waals surface area contributed by atoms with Crippen LogP contribution in [-0.4, -0.2) is 18.4 Å². The van der Waals surface area contributed by atoms with Crippen molar-refractivity contribution in [2.45, 2.75) is 25.7 Å². The van der Waals surface area contributed by atoms with Gasteiger partial charge in [-0.2, -0.15) is 4.89 Å². The van der Waals surface area contributed by atoms with Gasteiger partial charge in [-0.3, -0.25) is 9.68 Å². The van der Waals surface area contributed by atoms with E-state index in [4.69, 9.17) is 4.89 Å². The van der Waals surface area contributed by atoms with E-state index in [0.29, 0.717) is 5.56 Å². The van der Waals surface area contributed by atoms with Crippen LogP contribution in [0.5, 0.6) is 0 Å². The molecule has 2 rings (SSSR count). The minimum Gasteiger partial charge on any atom is -0.298 e. The predicted molar refractivity (Wildman–Crippen MR) is 64.8 cm³/mol. The number of hydrogen-bond donors (Lipinski definition) is 0. The lowest BCUT2D eigenvalue weighted by atomic mass is 10.1. The molecule has 0 aromatic heterocycles. The van der Waals surface area contributed by atoms with Crippen LogP contribution in [0.2, 0.25) is 0 Å². The lowest BCUT2D eigenvalue weighted by Gasteiger charge is -2.07. The molecule has 1 aromatic carbocycles. The highest BCUT2D eigenvalue weighted by Gasteiger charge is 2.25. The molecule has 1 fully saturated rings. The van der Waals surface area contributed by atoms with Gasteiger partial charge in [0.1, 0.15) is 0 Å². The predicted octanol–water partition coefficient (Wildman–Crippen LogP) is 2.53. The Balaban J connectivity index is 1.72. The van der Waals surface area contributed by atoms with Gasteiger partial charge in [0.15, 0.2) is 12.4 Å². The van der Waals surface area contributed by atoms with E-state index in [2.05, 4.69) is 4.89 Å². The molecular weight excluding hydrogens is 232 g/mol. The van der Waals surface area contributed by atoms with Crippen LogP contribution in [0.3, 0.4) is 0 Å². The molecule has 0 atom stereocenters. The van der Waals surface area contributed by atoms with Crippen molar-refractivity contribution in [3.8, 4) is 0 Å². The number of Topliss-reactive ketones (excluding diaryl/α,β-unsaturated/α-hetero) is 1. The maximum absolute atomic E-state index is 11.6. The van der Waals surface area contributed by atoms with Crippen LogP contribution in [0.15, 0.2) is 30.3 Å². The van der Waals surface area contributed by atoms with Gasteiger partial charge in [-0.25, -0.2) is 4.79 Å². The van der Waals surface area contributed by atoms with Gasteiger partial charge < -0.3 is 0 Å². The van der Waals surface area contributed by atoms with E-state index >= 15 is 0 Å². The molecule has 0 bridgehead atoms. The lowest BCUT2D eigenvalue weighted by molar-refractivity contribution is -0.268. The summed E-state index contributed by atoms with van der Waals surface area (Å²) in [6.07, 6.45) is 3.83. The molecule has 4 heteroatoms. The normalized spacial score (nSPS) is 15.6. The molecule has 1 saturated carbocycles. The summed E-state index contributed by atoms with van der Waals surface area (Å²) in [4.78, 5) is 32.5. The Kier molecular flexibility index (Phi) is 4.47. The molecule has 0 unspecified atom stereocenters. The standard InChI is InChI=1S/C14H16O4/c15-13(11-6-2-1-3-7-11)10-17-18-14(16)12-8-4-5-9-12/h1-3,6-7,12H,4-5,8-10H2. The summed E-state index contributed by atoms with van der Waals surface area (Å²) in [5.41, 5.74) is 0.550. The largest absolute Gasteiger partial charge is 0.345 e. The molecule has 0 N–H and O–H groups in total. The van der Waals surface area contributed by atoms with Crippen molar-refractivity contribution < 1.29 is 19.4 Å². The highest BCUT2D eigenvalue weighted by atomic mass is 17.2. The Morgan fingerprint density at radius 3 is 2.44 bits per heavy atom. The van der Waals surface area contributed by atoms with E-state index in [0.717, 1.165) is 25.7 Å². The van der Waals surface area contributed by atoms with Crippen molar-refractivity contribution in [1.82, 2.24) is 0 Å². The summed E-state index contributed by atoms with van der Waals surface area (Å²) >= 11 is 0. The van der Waals surface area contributed by atoms with Crippen molar-refractivity contribution >= 4 is 11.8 Å². The first-order chi connectivity index (χ1) is 8.77. The molecule has 18 heavy (non-hydrogen) atoms. The molecule has 1 aromatic rings. The van der Waals surface area contributed by atoms with Crippen LogP contribution >= 0.6 is 0 Å². The van der Waals surface area contributed by atoms with Gasteiger partial charge >= 0.3 is 5.97 Å². The average Bonchev–Trinajstić information content (AvgIpc) is 2.93. The van der Waals surface area contributed by atoms with Gasteiger partial charge in [0.25, 0.3) is 0 Å². The maximum atomic E-state index is 11.6. The van der Waals surface area contributed by atoms with Gasteiger partial charge in [0.2, 0.25) is 0 Å². The number of carbonyl (C=O) groups excluding carboxylic acids is 2. The molecule has 0 amide bonds. The molecule has 1 aliphatic rings. The summed E-state index contributed by atoms with van der Waals surface area (Å²) in [5.74, 6) is -0.611. The molecule has 0 heterocycles. The van der Waals surface area contributed by atoms with Crippen molar-refractivity contribution in [3.63, 3.8) is 0 Å². The van der Waals surface area contributed by atoms with Crippen LogP contribution in [0.25, 0.3) is 0 Å². The van der Waals surface area contributed by atoms with Crippen LogP contribution in [0.1, 0.15) is 36.0 Å². The van der Waals surface area contributed by atoms with Crippen molar-refractivity contribution in [2.24, 2.45) is 5.92 Å². The minimum atomic E-state index is -0.353. The highest BCUT2D eigenvalue weighted by molar-refractivity contribution is 5.97. The zero-order chi connectivity index (χ0) is 12.8. The Morgan fingerprint density at radius 1 is 1.11 bits per heavy atom. The SMILES string of the molecule is O=C(COOC(=O)C1CCCC1)c1ccccc1. The zero-order valence-electron chi connectivity index (χ0n) is 10.1. The van der Waals surface area contributed by atoms with Crippen LogP contribution in [0, 0.1) is 5.92 Å². The lowest BCUT2D eigenvalue weighted by Crippen LogP contribution is -2.18. The molecule has 0 aliphatic heterocycles. The Labute approximate surface area is 106 Å². The number of carbonyl (C=O) groups is 2. The highest BCUT2D eigenvalue weighted by Crippen LogP contribution is 2.25. The Bertz CT molecular complexity index is 407. The van der Waals surface area contributed by atoms with Crippen molar-refractivity contribution in [2.75, 3.05) is 6.61 Å². The third-order valence-electron chi connectivity index (χ3n) is 3.12. The quantitative estimate of drug-likeness (QED) is 0.456. The second-order valence-corrected chi connectivity index (χ2v) is 4.44. The number of hydrogen-bond acceptors (Lipinski definition) is 4. The second kappa shape index (κ2) is 6.31. The van der Waals surface area contributed by atoms with Gasteiger partial charge in [-0.05, 0) is 12.8 Å². The third kappa shape index (κ3) is 3.40. The molecule has 4 nitrogen and oxygen atoms in total. The van der Waals surface area contributed by atoms with Crippen LogP contribution in [-0.2, 0) is 14.6 Å². The first-order valence-corrected chi connectivity index (χ1v) is 6.19. The molecule has 1 aliphatic carbocycles. The molecule has 0 spiro atoms. The molecule has 0 radical (unpaired) electrons. The minimum absolute atomic E-state index is 0.0585. The fraction of sp³-hybridized carbons (Fsp3) is 0.429. The van der Waals surface area contributed by atoms with E-state index in [1.165, 1.54) is 0 Å². The monoisotopic (exact) mass is 248 g/mol. The Hall–Kier alpha value is -1.68. The summed E-state index contributed by atoms with van der Waals surface area (Å²) in [6, 6.07) is 8.78. The van der Waals surface area contributed by atoms with Gasteiger partial charge in [-0.15, -0.1) is 0 Å². The number of rotatable bonds is 5. The smallest absolute Gasteiger partial charge is 0.298 e. The molecule has 96 valence electrons. The summed E-state index contributed by atoms with van der Waals surface area (Å²) in [7, 11) is 0. The van der Waals surface area contributed by atoms with E-state index in [-0.39, 0.29) is 24.3 Å². The Morgan fingerprint density at radius 2 is 1.78 bits per heavy atom. The van der Waals surface area contributed by atoms with Crippen molar-refractivity contribution in [1.29, 1.82) is 0 Å². The average molecular weight is 248 g/mol. The third-order valence-corrected chi connectivity index (χ3v) is 3.12. The molecule has 0 saturated heterocycles. The number of benzene rings is 1. The maximum Gasteiger partial charge on any atom is 0.345 e. The summed E-state index contributed by atoms with van der Waals surface area (Å²) in [6.45, 7) is -0.234. The van der Waals surface area contributed by atoms with Crippen LogP contribution < -0.4 is 0 Å². The topological polar surface area (TPSA) is 52.6 Å². The summed E-state index contributed by atoms with van der Waals surface area (Å²) in [5, 5.41) is 0. The first kappa shape index (κ1) is 12.8. The van der Waals surface area contributed by atoms with Crippen LogP contribution in [0.4, 0.5) is 0 Å². The van der Waals surface area contributed by atoms with Gasteiger partial charge in [0, 0.05) is 5.56 Å². The molecular formula is C14H16O4. The fourth-order valence-corrected chi connectivity index (χ4v) is 2.08. The van der Waals surface area contributed by atoms with Gasteiger partial charge in [0.05, 0.1) is 5.92 Å². The van der Waals surface area contributed by atoms with E-state index in [9.17, 15) is 9.59 Å². The van der Waals surface area contributed by atoms with E-state index in [1.54, 1.807) is 24.3 Å². The summed E-state index contributed by atoms with van der Waals surface area (Å²) < 4.78 is 0. The number of ketones is 1. The van der Waals surface area contributed by atoms with Crippen molar-refractivity contribution in [3.05, 3.63) is 35.9 Å². The van der Waals surface area contributed by atoms with Gasteiger partial charge in [-0.1, -0.05) is 43.2 Å². The zero-order valence-corrected chi connectivity index (χ0v) is 10.1. The van der Waals surface area contributed by atoms with E-state index < -0.39 is 0 Å². The van der Waals surface area contributed by atoms with E-state index in [1.807, 2.05) is 6.07 Å².